The van der Waals surface area contributed by atoms with Crippen LogP contribution >= 0.6 is 23.4 Å². The number of benzene rings is 3. The van der Waals surface area contributed by atoms with E-state index in [0.717, 1.165) is 12.1 Å². The minimum atomic E-state index is -4.76. The van der Waals surface area contributed by atoms with Gasteiger partial charge >= 0.3 is 6.18 Å². The molecule has 2 aliphatic heterocycles. The summed E-state index contributed by atoms with van der Waals surface area (Å²) in [6.45, 7) is -0.330. The second-order valence-electron chi connectivity index (χ2n) is 8.49. The molecule has 11 heteroatoms. The largest absolute Gasteiger partial charge is 0.416 e. The average Bonchev–Trinajstić information content (AvgIpc) is 3.29. The molecule has 0 saturated carbocycles. The van der Waals surface area contributed by atoms with Crippen LogP contribution in [0.4, 0.5) is 24.5 Å². The van der Waals surface area contributed by atoms with Crippen LogP contribution in [0, 0.1) is 10.1 Å². The van der Waals surface area contributed by atoms with E-state index in [1.54, 1.807) is 48.5 Å². The summed E-state index contributed by atoms with van der Waals surface area (Å²) < 4.78 is 38.2. The molecule has 2 atom stereocenters. The van der Waals surface area contributed by atoms with Crippen LogP contribution in [-0.2, 0) is 27.1 Å². The number of carbonyl (C=O) groups is 2. The van der Waals surface area contributed by atoms with Gasteiger partial charge in [0.05, 0.1) is 28.7 Å². The molecule has 1 fully saturated rings. The summed E-state index contributed by atoms with van der Waals surface area (Å²) >= 11 is 7.36. The molecule has 1 spiro atoms. The molecule has 2 heterocycles. The number of ketones is 1. The number of anilines is 1. The predicted octanol–water partition coefficient (Wildman–Crippen LogP) is 6.11. The molecule has 5 rings (SSSR count). The van der Waals surface area contributed by atoms with Crippen molar-refractivity contribution in [1.82, 2.24) is 0 Å². The van der Waals surface area contributed by atoms with Crippen molar-refractivity contribution in [2.45, 2.75) is 23.4 Å². The lowest BCUT2D eigenvalue weighted by Gasteiger charge is -2.29. The number of Topliss-reactive ketones (excluding diaryl/α,β-unsaturated/α-hetero) is 1. The minimum Gasteiger partial charge on any atom is -0.306 e. The number of amides is 1. The van der Waals surface area contributed by atoms with Gasteiger partial charge in [-0.25, -0.2) is 0 Å². The van der Waals surface area contributed by atoms with Gasteiger partial charge in [0.15, 0.2) is 5.78 Å². The third-order valence-electron chi connectivity index (χ3n) is 6.45. The van der Waals surface area contributed by atoms with Crippen molar-refractivity contribution in [3.05, 3.63) is 104 Å². The van der Waals surface area contributed by atoms with Crippen LogP contribution in [0.15, 0.2) is 66.7 Å². The van der Waals surface area contributed by atoms with Gasteiger partial charge in [0, 0.05) is 27.9 Å². The Morgan fingerprint density at radius 2 is 1.83 bits per heavy atom. The fourth-order valence-corrected chi connectivity index (χ4v) is 6.65. The fraction of sp³-hybridized carbons (Fsp3) is 0.200. The second-order valence-corrected chi connectivity index (χ2v) is 10.1. The monoisotopic (exact) mass is 532 g/mol. The van der Waals surface area contributed by atoms with Crippen molar-refractivity contribution in [2.24, 2.45) is 0 Å². The molecule has 0 aliphatic carbocycles. The number of nitrogens with zero attached hydrogens (tertiary/aromatic N) is 2. The maximum absolute atomic E-state index is 14.1. The van der Waals surface area contributed by atoms with Gasteiger partial charge in [0.1, 0.15) is 4.75 Å². The molecule has 0 aromatic heterocycles. The van der Waals surface area contributed by atoms with Gasteiger partial charge in [-0.2, -0.15) is 13.2 Å². The Labute approximate surface area is 212 Å². The van der Waals surface area contributed by atoms with Crippen molar-refractivity contribution in [3.8, 4) is 0 Å². The molecule has 2 aliphatic rings. The first-order valence-electron chi connectivity index (χ1n) is 10.7. The third-order valence-corrected chi connectivity index (χ3v) is 8.20. The van der Waals surface area contributed by atoms with Crippen molar-refractivity contribution in [1.29, 1.82) is 0 Å². The van der Waals surface area contributed by atoms with Crippen LogP contribution < -0.4 is 4.90 Å². The molecule has 0 N–H and O–H groups in total. The number of rotatable bonds is 4. The van der Waals surface area contributed by atoms with E-state index in [1.165, 1.54) is 16.7 Å². The van der Waals surface area contributed by atoms with E-state index >= 15 is 0 Å². The lowest BCUT2D eigenvalue weighted by Crippen LogP contribution is -2.41. The highest BCUT2D eigenvalue weighted by Crippen LogP contribution is 2.60. The van der Waals surface area contributed by atoms with Crippen molar-refractivity contribution in [3.63, 3.8) is 0 Å². The SMILES string of the molecule is O=C1CSC2(C(=O)N(Cc3ccc(C(F)(F)F)cc3[N+](=O)[O-])c3ccccc32)C1c1cccc(Cl)c1. The van der Waals surface area contributed by atoms with Crippen molar-refractivity contribution >= 4 is 46.4 Å². The molecule has 0 radical (unpaired) electrons. The van der Waals surface area contributed by atoms with E-state index in [4.69, 9.17) is 11.6 Å². The summed E-state index contributed by atoms with van der Waals surface area (Å²) in [5, 5.41) is 12.0. The summed E-state index contributed by atoms with van der Waals surface area (Å²) in [4.78, 5) is 39.3. The van der Waals surface area contributed by atoms with Crippen LogP contribution in [0.5, 0.6) is 0 Å². The Morgan fingerprint density at radius 3 is 2.53 bits per heavy atom. The van der Waals surface area contributed by atoms with Crippen LogP contribution in [0.1, 0.15) is 28.2 Å². The van der Waals surface area contributed by atoms with E-state index in [2.05, 4.69) is 0 Å². The van der Waals surface area contributed by atoms with E-state index in [1.807, 2.05) is 0 Å². The highest BCUT2D eigenvalue weighted by atomic mass is 35.5. The molecule has 184 valence electrons. The normalized spacial score (nSPS) is 21.3. The van der Waals surface area contributed by atoms with Gasteiger partial charge in [-0.3, -0.25) is 19.7 Å². The van der Waals surface area contributed by atoms with Crippen molar-refractivity contribution in [2.75, 3.05) is 10.7 Å². The van der Waals surface area contributed by atoms with Gasteiger partial charge in [0.25, 0.3) is 5.69 Å². The van der Waals surface area contributed by atoms with Gasteiger partial charge in [-0.05, 0) is 35.9 Å². The van der Waals surface area contributed by atoms with Gasteiger partial charge in [-0.1, -0.05) is 41.9 Å². The summed E-state index contributed by atoms with van der Waals surface area (Å²) in [5.74, 6) is -1.39. The van der Waals surface area contributed by atoms with Gasteiger partial charge in [0.2, 0.25) is 5.91 Å². The second kappa shape index (κ2) is 8.63. The average molecular weight is 533 g/mol. The number of nitro benzene ring substituents is 1. The van der Waals surface area contributed by atoms with E-state index in [9.17, 15) is 32.9 Å². The fourth-order valence-electron chi connectivity index (χ4n) is 4.92. The quantitative estimate of drug-likeness (QED) is 0.299. The third kappa shape index (κ3) is 3.75. The van der Waals surface area contributed by atoms with Crippen LogP contribution in [0.2, 0.25) is 5.02 Å². The zero-order valence-electron chi connectivity index (χ0n) is 18.3. The minimum absolute atomic E-state index is 0.0539. The van der Waals surface area contributed by atoms with E-state index in [-0.39, 0.29) is 23.6 Å². The number of fused-ring (bicyclic) bond motifs is 2. The number of carbonyl (C=O) groups excluding carboxylic acids is 2. The lowest BCUT2D eigenvalue weighted by atomic mass is 9.79. The zero-order valence-corrected chi connectivity index (χ0v) is 19.9. The first kappa shape index (κ1) is 24.3. The Morgan fingerprint density at radius 1 is 1.08 bits per heavy atom. The Hall–Kier alpha value is -3.37. The smallest absolute Gasteiger partial charge is 0.306 e. The Bertz CT molecular complexity index is 1430. The van der Waals surface area contributed by atoms with Crippen LogP contribution in [-0.4, -0.2) is 22.4 Å². The first-order valence-corrected chi connectivity index (χ1v) is 12.1. The Balaban J connectivity index is 1.62. The topological polar surface area (TPSA) is 80.5 Å². The molecule has 36 heavy (non-hydrogen) atoms. The molecule has 3 aromatic carbocycles. The number of para-hydroxylation sites is 1. The molecule has 3 aromatic rings. The van der Waals surface area contributed by atoms with E-state index < -0.39 is 38.9 Å². The van der Waals surface area contributed by atoms with Crippen LogP contribution in [0.25, 0.3) is 0 Å². The molecule has 2 unspecified atom stereocenters. The number of hydrogen-bond acceptors (Lipinski definition) is 5. The van der Waals surface area contributed by atoms with Gasteiger partial charge < -0.3 is 4.90 Å². The van der Waals surface area contributed by atoms with Gasteiger partial charge in [-0.15, -0.1) is 11.8 Å². The molecular weight excluding hydrogens is 517 g/mol. The molecule has 0 bridgehead atoms. The Kier molecular flexibility index (Phi) is 5.83. The summed E-state index contributed by atoms with van der Waals surface area (Å²) in [6, 6.07) is 15.8. The zero-order chi connectivity index (χ0) is 25.8. The summed E-state index contributed by atoms with van der Waals surface area (Å²) in [5.41, 5.74) is -0.348. The summed E-state index contributed by atoms with van der Waals surface area (Å²) in [6.07, 6.45) is -4.76. The van der Waals surface area contributed by atoms with E-state index in [0.29, 0.717) is 27.9 Å². The number of thioether (sulfide) groups is 1. The maximum atomic E-state index is 14.1. The summed E-state index contributed by atoms with van der Waals surface area (Å²) in [7, 11) is 0. The molecule has 1 saturated heterocycles. The van der Waals surface area contributed by atoms with Crippen LogP contribution in [0.3, 0.4) is 0 Å². The predicted molar refractivity (Wildman–Crippen MR) is 129 cm³/mol. The lowest BCUT2D eigenvalue weighted by molar-refractivity contribution is -0.385. The molecular formula is C25H16ClF3N2O4S. The van der Waals surface area contributed by atoms with Crippen molar-refractivity contribution < 1.29 is 27.7 Å². The number of hydrogen-bond donors (Lipinski definition) is 0. The number of alkyl halides is 3. The highest BCUT2D eigenvalue weighted by Gasteiger charge is 2.62. The number of nitro groups is 1. The highest BCUT2D eigenvalue weighted by molar-refractivity contribution is 8.02. The molecule has 1 amide bonds. The maximum Gasteiger partial charge on any atom is 0.416 e. The first-order chi connectivity index (χ1) is 17.0. The standard InChI is InChI=1S/C25H16ClF3N2O4S/c26-17-5-3-4-14(10-17)22-21(32)13-36-24(22)18-6-1-2-7-19(18)30(23(24)33)12-15-8-9-16(25(27,28)29)11-20(15)31(34)35/h1-11,22H,12-13H2. The molecule has 6 nitrogen and oxygen atoms in total. The number of halogens is 4.